The summed E-state index contributed by atoms with van der Waals surface area (Å²) in [7, 11) is 1.91. The van der Waals surface area contributed by atoms with E-state index in [-0.39, 0.29) is 23.8 Å². The number of aromatic nitrogens is 2. The fraction of sp³-hybridized carbons (Fsp3) is 0.750. The lowest BCUT2D eigenvalue weighted by atomic mass is 9.88. The third-order valence-electron chi connectivity index (χ3n) is 5.05. The Balaban J connectivity index is 1.60. The molecule has 3 heterocycles. The van der Waals surface area contributed by atoms with Crippen LogP contribution in [0.25, 0.3) is 0 Å². The number of hydrogen-bond donors (Lipinski definition) is 2. The average molecular weight is 306 g/mol. The van der Waals surface area contributed by atoms with Gasteiger partial charge in [-0.3, -0.25) is 9.48 Å². The molecule has 1 unspecified atom stereocenters. The van der Waals surface area contributed by atoms with Gasteiger partial charge in [-0.2, -0.15) is 5.10 Å². The zero-order valence-corrected chi connectivity index (χ0v) is 13.4. The summed E-state index contributed by atoms with van der Waals surface area (Å²) in [5.41, 5.74) is 1.14. The monoisotopic (exact) mass is 306 g/mol. The highest BCUT2D eigenvalue weighted by Gasteiger charge is 2.35. The van der Waals surface area contributed by atoms with Crippen LogP contribution in [0.1, 0.15) is 31.2 Å². The quantitative estimate of drug-likeness (QED) is 0.857. The normalized spacial score (nSPS) is 27.7. The number of nitrogens with one attached hydrogen (secondary N) is 2. The molecule has 122 valence electrons. The number of nitrogens with zero attached hydrogens (tertiary/aromatic N) is 2. The van der Waals surface area contributed by atoms with E-state index in [2.05, 4.69) is 22.7 Å². The highest BCUT2D eigenvalue weighted by Crippen LogP contribution is 2.28. The lowest BCUT2D eigenvalue weighted by molar-refractivity contribution is -0.126. The van der Waals surface area contributed by atoms with Crippen LogP contribution in [-0.4, -0.2) is 48.0 Å². The van der Waals surface area contributed by atoms with Gasteiger partial charge in [0.05, 0.1) is 12.1 Å². The van der Waals surface area contributed by atoms with Crippen LogP contribution in [0, 0.1) is 11.8 Å². The van der Waals surface area contributed by atoms with Crippen molar-refractivity contribution in [1.82, 2.24) is 20.4 Å². The van der Waals surface area contributed by atoms with Crippen molar-refractivity contribution in [3.8, 4) is 0 Å². The molecule has 3 atom stereocenters. The van der Waals surface area contributed by atoms with Crippen LogP contribution in [0.2, 0.25) is 0 Å². The van der Waals surface area contributed by atoms with Crippen molar-refractivity contribution < 1.29 is 9.53 Å². The van der Waals surface area contributed by atoms with Gasteiger partial charge in [0.1, 0.15) is 0 Å². The lowest BCUT2D eigenvalue weighted by Gasteiger charge is -2.29. The van der Waals surface area contributed by atoms with Crippen LogP contribution < -0.4 is 10.6 Å². The Morgan fingerprint density at radius 3 is 2.91 bits per heavy atom. The van der Waals surface area contributed by atoms with Crippen molar-refractivity contribution in [2.75, 3.05) is 26.3 Å². The van der Waals surface area contributed by atoms with E-state index in [1.807, 2.05) is 19.4 Å². The molecule has 0 saturated carbocycles. The maximum Gasteiger partial charge on any atom is 0.225 e. The molecule has 3 rings (SSSR count). The number of aryl methyl sites for hydroxylation is 1. The van der Waals surface area contributed by atoms with Gasteiger partial charge in [-0.15, -0.1) is 0 Å². The molecular weight excluding hydrogens is 280 g/mol. The molecule has 1 aromatic rings. The van der Waals surface area contributed by atoms with Gasteiger partial charge in [-0.25, -0.2) is 0 Å². The summed E-state index contributed by atoms with van der Waals surface area (Å²) < 4.78 is 7.20. The second-order valence-electron chi connectivity index (χ2n) is 6.57. The summed E-state index contributed by atoms with van der Waals surface area (Å²) in [6.45, 7) is 5.33. The zero-order valence-electron chi connectivity index (χ0n) is 13.4. The Kier molecular flexibility index (Phi) is 4.78. The molecule has 0 aliphatic carbocycles. The number of carbonyl (C=O) groups is 1. The average Bonchev–Trinajstić information content (AvgIpc) is 3.16. The first-order chi connectivity index (χ1) is 10.6. The van der Waals surface area contributed by atoms with Gasteiger partial charge in [0, 0.05) is 51.5 Å². The Labute approximate surface area is 131 Å². The first-order valence-electron chi connectivity index (χ1n) is 8.22. The van der Waals surface area contributed by atoms with Gasteiger partial charge in [0.2, 0.25) is 5.91 Å². The Bertz CT molecular complexity index is 510. The first-order valence-corrected chi connectivity index (χ1v) is 8.22. The van der Waals surface area contributed by atoms with Gasteiger partial charge in [0.15, 0.2) is 0 Å². The summed E-state index contributed by atoms with van der Waals surface area (Å²) in [6, 6.07) is 0.214. The van der Waals surface area contributed by atoms with Crippen LogP contribution >= 0.6 is 0 Å². The van der Waals surface area contributed by atoms with Gasteiger partial charge >= 0.3 is 0 Å². The summed E-state index contributed by atoms with van der Waals surface area (Å²) in [6.07, 6.45) is 5.96. The van der Waals surface area contributed by atoms with Crippen molar-refractivity contribution in [2.24, 2.45) is 18.9 Å². The Morgan fingerprint density at radius 2 is 2.23 bits per heavy atom. The number of rotatable bonds is 4. The van der Waals surface area contributed by atoms with E-state index in [1.54, 1.807) is 4.68 Å². The minimum Gasteiger partial charge on any atom is -0.381 e. The van der Waals surface area contributed by atoms with E-state index in [4.69, 9.17) is 4.74 Å². The molecule has 2 saturated heterocycles. The third-order valence-corrected chi connectivity index (χ3v) is 5.05. The van der Waals surface area contributed by atoms with Gasteiger partial charge in [0.25, 0.3) is 0 Å². The SMILES string of the molecule is CC(NC(=O)[C@H]1CNC[C@@H]1c1cnn(C)c1)C1CCOCC1. The predicted molar refractivity (Wildman–Crippen MR) is 83.5 cm³/mol. The highest BCUT2D eigenvalue weighted by atomic mass is 16.5. The van der Waals surface area contributed by atoms with E-state index in [0.29, 0.717) is 5.92 Å². The number of hydrogen-bond acceptors (Lipinski definition) is 4. The molecular formula is C16H26N4O2. The largest absolute Gasteiger partial charge is 0.381 e. The van der Waals surface area contributed by atoms with E-state index in [1.165, 1.54) is 0 Å². The molecule has 2 fully saturated rings. The van der Waals surface area contributed by atoms with E-state index >= 15 is 0 Å². The fourth-order valence-corrected chi connectivity index (χ4v) is 3.60. The van der Waals surface area contributed by atoms with Crippen molar-refractivity contribution in [3.63, 3.8) is 0 Å². The Hall–Kier alpha value is -1.40. The number of ether oxygens (including phenoxy) is 1. The first kappa shape index (κ1) is 15.5. The molecule has 6 heteroatoms. The molecule has 2 aliphatic heterocycles. The standard InChI is InChI=1S/C16H26N4O2/c1-11(12-3-5-22-6-4-12)19-16(21)15-9-17-8-14(15)13-7-18-20(2)10-13/h7,10-12,14-15,17H,3-6,8-9H2,1-2H3,(H,19,21)/t11?,14-,15+/m1/s1. The maximum absolute atomic E-state index is 12.7. The summed E-state index contributed by atoms with van der Waals surface area (Å²) in [5, 5.41) is 10.8. The smallest absolute Gasteiger partial charge is 0.225 e. The topological polar surface area (TPSA) is 68.2 Å². The summed E-state index contributed by atoms with van der Waals surface area (Å²) >= 11 is 0. The molecule has 0 radical (unpaired) electrons. The minimum atomic E-state index is -0.00788. The van der Waals surface area contributed by atoms with Crippen molar-refractivity contribution >= 4 is 5.91 Å². The second-order valence-corrected chi connectivity index (χ2v) is 6.57. The molecule has 0 aromatic carbocycles. The molecule has 2 aliphatic rings. The van der Waals surface area contributed by atoms with Crippen LogP contribution in [0.4, 0.5) is 0 Å². The van der Waals surface area contributed by atoms with Crippen LogP contribution in [0.15, 0.2) is 12.4 Å². The maximum atomic E-state index is 12.7. The van der Waals surface area contributed by atoms with Crippen molar-refractivity contribution in [2.45, 2.75) is 31.7 Å². The number of amides is 1. The van der Waals surface area contributed by atoms with Gasteiger partial charge < -0.3 is 15.4 Å². The van der Waals surface area contributed by atoms with Crippen LogP contribution in [0.3, 0.4) is 0 Å². The van der Waals surface area contributed by atoms with Gasteiger partial charge in [-0.05, 0) is 31.2 Å². The van der Waals surface area contributed by atoms with Crippen LogP contribution in [-0.2, 0) is 16.6 Å². The third kappa shape index (κ3) is 3.33. The summed E-state index contributed by atoms with van der Waals surface area (Å²) in [4.78, 5) is 12.7. The number of carbonyl (C=O) groups excluding carboxylic acids is 1. The van der Waals surface area contributed by atoms with Gasteiger partial charge in [-0.1, -0.05) is 0 Å². The summed E-state index contributed by atoms with van der Waals surface area (Å²) in [5.74, 6) is 0.906. The minimum absolute atomic E-state index is 0.00788. The fourth-order valence-electron chi connectivity index (χ4n) is 3.60. The highest BCUT2D eigenvalue weighted by molar-refractivity contribution is 5.80. The predicted octanol–water partition coefficient (Wildman–Crippen LogP) is 0.654. The van der Waals surface area contributed by atoms with Crippen molar-refractivity contribution in [3.05, 3.63) is 18.0 Å². The molecule has 0 spiro atoms. The van der Waals surface area contributed by atoms with Crippen LogP contribution in [0.5, 0.6) is 0 Å². The molecule has 0 bridgehead atoms. The lowest BCUT2D eigenvalue weighted by Crippen LogP contribution is -2.44. The molecule has 2 N–H and O–H groups in total. The van der Waals surface area contributed by atoms with E-state index in [0.717, 1.165) is 44.7 Å². The van der Waals surface area contributed by atoms with E-state index in [9.17, 15) is 4.79 Å². The zero-order chi connectivity index (χ0) is 15.5. The molecule has 22 heavy (non-hydrogen) atoms. The molecule has 1 aromatic heterocycles. The molecule has 1 amide bonds. The van der Waals surface area contributed by atoms with E-state index < -0.39 is 0 Å². The van der Waals surface area contributed by atoms with Crippen molar-refractivity contribution in [1.29, 1.82) is 0 Å². The second kappa shape index (κ2) is 6.79. The molecule has 6 nitrogen and oxygen atoms in total. The Morgan fingerprint density at radius 1 is 1.45 bits per heavy atom.